The summed E-state index contributed by atoms with van der Waals surface area (Å²) in [4.78, 5) is 0. The van der Waals surface area contributed by atoms with E-state index in [0.29, 0.717) is 22.2 Å². The van der Waals surface area contributed by atoms with Crippen molar-refractivity contribution in [1.29, 1.82) is 0 Å². The van der Waals surface area contributed by atoms with Crippen molar-refractivity contribution in [2.45, 2.75) is 61.1 Å². The van der Waals surface area contributed by atoms with Crippen molar-refractivity contribution >= 4 is 23.5 Å². The van der Waals surface area contributed by atoms with Crippen molar-refractivity contribution in [3.8, 4) is 0 Å². The molecule has 1 saturated heterocycles. The van der Waals surface area contributed by atoms with Crippen LogP contribution in [0.5, 0.6) is 0 Å². The molecule has 0 bridgehead atoms. The van der Waals surface area contributed by atoms with Crippen molar-refractivity contribution < 1.29 is 13.2 Å². The number of rotatable bonds is 4. The highest BCUT2D eigenvalue weighted by atomic mass is 32.2. The summed E-state index contributed by atoms with van der Waals surface area (Å²) in [5.41, 5.74) is 5.98. The summed E-state index contributed by atoms with van der Waals surface area (Å²) in [6.07, 6.45) is -4.14. The number of halogens is 3. The van der Waals surface area contributed by atoms with Gasteiger partial charge in [0.2, 0.25) is 0 Å². The monoisotopic (exact) mass is 287 g/mol. The number of nitrogens with two attached hydrogens (primary N) is 1. The Bertz CT molecular complexity index is 235. The molecular weight excluding hydrogens is 267 g/mol. The van der Waals surface area contributed by atoms with Crippen molar-refractivity contribution in [2.75, 3.05) is 5.75 Å². The van der Waals surface area contributed by atoms with Gasteiger partial charge in [0.15, 0.2) is 0 Å². The van der Waals surface area contributed by atoms with Crippen molar-refractivity contribution in [2.24, 2.45) is 5.73 Å². The van der Waals surface area contributed by atoms with E-state index in [0.717, 1.165) is 5.75 Å². The predicted octanol–water partition coefficient (Wildman–Crippen LogP) is 3.67. The minimum absolute atomic E-state index is 0.107. The quantitative estimate of drug-likeness (QED) is 0.854. The van der Waals surface area contributed by atoms with Gasteiger partial charge in [-0.25, -0.2) is 0 Å². The van der Waals surface area contributed by atoms with Crippen LogP contribution in [0.1, 0.15) is 33.1 Å². The Balaban J connectivity index is 2.26. The Morgan fingerprint density at radius 2 is 1.94 bits per heavy atom. The van der Waals surface area contributed by atoms with Crippen LogP contribution in [-0.4, -0.2) is 33.7 Å². The highest BCUT2D eigenvalue weighted by Gasteiger charge is 2.31. The lowest BCUT2D eigenvalue weighted by Gasteiger charge is -2.34. The molecule has 0 radical (unpaired) electrons. The fourth-order valence-corrected chi connectivity index (χ4v) is 4.86. The molecule has 0 spiro atoms. The molecule has 1 heterocycles. The standard InChI is InChI=1S/C11H20F3NS2/c1-7-8(2)17-10(6-16-7)9(15)4-3-5-11(12,13)14/h7-10H,3-6,15H2,1-2H3. The van der Waals surface area contributed by atoms with E-state index >= 15 is 0 Å². The maximum Gasteiger partial charge on any atom is 0.389 e. The van der Waals surface area contributed by atoms with E-state index < -0.39 is 12.6 Å². The summed E-state index contributed by atoms with van der Waals surface area (Å²) in [6.45, 7) is 4.35. The van der Waals surface area contributed by atoms with Gasteiger partial charge in [0.1, 0.15) is 0 Å². The van der Waals surface area contributed by atoms with E-state index in [9.17, 15) is 13.2 Å². The predicted molar refractivity (Wildman–Crippen MR) is 70.6 cm³/mol. The molecule has 1 rings (SSSR count). The van der Waals surface area contributed by atoms with Crippen LogP contribution >= 0.6 is 23.5 Å². The number of hydrogen-bond acceptors (Lipinski definition) is 3. The molecule has 1 fully saturated rings. The highest BCUT2D eigenvalue weighted by Crippen LogP contribution is 2.37. The van der Waals surface area contributed by atoms with Crippen LogP contribution in [0.15, 0.2) is 0 Å². The molecule has 0 aromatic rings. The maximum atomic E-state index is 12.0. The first-order chi connectivity index (χ1) is 7.79. The second kappa shape index (κ2) is 6.57. The lowest BCUT2D eigenvalue weighted by atomic mass is 10.1. The number of thioether (sulfide) groups is 2. The zero-order chi connectivity index (χ0) is 13.1. The van der Waals surface area contributed by atoms with Gasteiger partial charge < -0.3 is 5.73 Å². The molecule has 17 heavy (non-hydrogen) atoms. The summed E-state index contributed by atoms with van der Waals surface area (Å²) in [7, 11) is 0. The normalized spacial score (nSPS) is 32.5. The molecule has 1 aliphatic heterocycles. The Hall–Kier alpha value is 0.450. The van der Waals surface area contributed by atoms with Crippen LogP contribution in [0.3, 0.4) is 0 Å². The molecule has 0 aliphatic carbocycles. The number of hydrogen-bond donors (Lipinski definition) is 1. The van der Waals surface area contributed by atoms with E-state index in [1.54, 1.807) is 0 Å². The van der Waals surface area contributed by atoms with E-state index in [-0.39, 0.29) is 12.5 Å². The third kappa shape index (κ3) is 5.75. The minimum atomic E-state index is -4.05. The summed E-state index contributed by atoms with van der Waals surface area (Å²) in [5.74, 6) is 0.962. The second-order valence-electron chi connectivity index (χ2n) is 4.59. The van der Waals surface area contributed by atoms with Gasteiger partial charge in [0.25, 0.3) is 0 Å². The zero-order valence-electron chi connectivity index (χ0n) is 10.2. The first kappa shape index (κ1) is 15.5. The van der Waals surface area contributed by atoms with Gasteiger partial charge in [-0.1, -0.05) is 13.8 Å². The molecule has 0 saturated carbocycles. The molecule has 102 valence electrons. The van der Waals surface area contributed by atoms with E-state index in [4.69, 9.17) is 5.73 Å². The summed E-state index contributed by atoms with van der Waals surface area (Å²) in [6, 6.07) is -0.107. The molecule has 6 heteroatoms. The molecule has 4 atom stereocenters. The molecule has 1 nitrogen and oxygen atoms in total. The van der Waals surface area contributed by atoms with Crippen molar-refractivity contribution in [3.63, 3.8) is 0 Å². The Morgan fingerprint density at radius 3 is 2.47 bits per heavy atom. The van der Waals surface area contributed by atoms with Crippen LogP contribution in [-0.2, 0) is 0 Å². The fourth-order valence-electron chi connectivity index (χ4n) is 1.76. The molecule has 0 aromatic carbocycles. The van der Waals surface area contributed by atoms with Crippen molar-refractivity contribution in [3.05, 3.63) is 0 Å². The average Bonchev–Trinajstić information content (AvgIpc) is 2.20. The van der Waals surface area contributed by atoms with E-state index in [1.807, 2.05) is 23.5 Å². The van der Waals surface area contributed by atoms with Gasteiger partial charge in [-0.05, 0) is 12.8 Å². The SMILES string of the molecule is CC1SCC(C(N)CCCC(F)(F)F)SC1C. The highest BCUT2D eigenvalue weighted by molar-refractivity contribution is 8.07. The van der Waals surface area contributed by atoms with Gasteiger partial charge in [-0.15, -0.1) is 0 Å². The van der Waals surface area contributed by atoms with Crippen LogP contribution < -0.4 is 5.73 Å². The third-order valence-electron chi connectivity index (χ3n) is 3.05. The summed E-state index contributed by atoms with van der Waals surface area (Å²) < 4.78 is 36.0. The Labute approximate surface area is 109 Å². The molecule has 2 N–H and O–H groups in total. The summed E-state index contributed by atoms with van der Waals surface area (Å²) in [5, 5.41) is 1.45. The van der Waals surface area contributed by atoms with Crippen LogP contribution in [0.2, 0.25) is 0 Å². The lowest BCUT2D eigenvalue weighted by molar-refractivity contribution is -0.135. The van der Waals surface area contributed by atoms with E-state index in [1.165, 1.54) is 0 Å². The molecule has 0 amide bonds. The topological polar surface area (TPSA) is 26.0 Å². The third-order valence-corrected chi connectivity index (χ3v) is 6.62. The minimum Gasteiger partial charge on any atom is -0.327 e. The van der Waals surface area contributed by atoms with Gasteiger partial charge in [-0.3, -0.25) is 0 Å². The second-order valence-corrected chi connectivity index (χ2v) is 7.62. The van der Waals surface area contributed by atoms with Gasteiger partial charge >= 0.3 is 6.18 Å². The lowest BCUT2D eigenvalue weighted by Crippen LogP contribution is -2.39. The molecule has 1 aliphatic rings. The van der Waals surface area contributed by atoms with Gasteiger partial charge in [0.05, 0.1) is 0 Å². The number of alkyl halides is 3. The maximum absolute atomic E-state index is 12.0. The molecule has 4 unspecified atom stereocenters. The molecular formula is C11H20F3NS2. The fraction of sp³-hybridized carbons (Fsp3) is 1.00. The van der Waals surface area contributed by atoms with Crippen LogP contribution in [0.25, 0.3) is 0 Å². The van der Waals surface area contributed by atoms with Gasteiger partial charge in [0, 0.05) is 34.0 Å². The van der Waals surface area contributed by atoms with Crippen LogP contribution in [0.4, 0.5) is 13.2 Å². The Morgan fingerprint density at radius 1 is 1.29 bits per heavy atom. The largest absolute Gasteiger partial charge is 0.389 e. The summed E-state index contributed by atoms with van der Waals surface area (Å²) >= 11 is 3.71. The smallest absolute Gasteiger partial charge is 0.327 e. The molecule has 0 aromatic heterocycles. The first-order valence-electron chi connectivity index (χ1n) is 5.89. The van der Waals surface area contributed by atoms with Crippen LogP contribution in [0, 0.1) is 0 Å². The zero-order valence-corrected chi connectivity index (χ0v) is 11.8. The van der Waals surface area contributed by atoms with E-state index in [2.05, 4.69) is 13.8 Å². The first-order valence-corrected chi connectivity index (χ1v) is 7.88. The van der Waals surface area contributed by atoms with Crippen molar-refractivity contribution in [1.82, 2.24) is 0 Å². The Kier molecular flexibility index (Phi) is 5.99. The average molecular weight is 287 g/mol. The van der Waals surface area contributed by atoms with Gasteiger partial charge in [-0.2, -0.15) is 36.7 Å².